The Balaban J connectivity index is 3.08. The van der Waals surface area contributed by atoms with E-state index in [1.54, 1.807) is 0 Å². The van der Waals surface area contributed by atoms with Gasteiger partial charge in [0.25, 0.3) is 0 Å². The molecule has 1 rings (SSSR count). The Labute approximate surface area is 77.7 Å². The molecule has 6 heteroatoms. The van der Waals surface area contributed by atoms with Crippen molar-refractivity contribution < 1.29 is 17.6 Å². The fourth-order valence-electron chi connectivity index (χ4n) is 1.03. The van der Waals surface area contributed by atoms with Gasteiger partial charge in [0.1, 0.15) is 6.04 Å². The molecule has 1 aromatic rings. The summed E-state index contributed by atoms with van der Waals surface area (Å²) in [6.45, 7) is 1.35. The van der Waals surface area contributed by atoms with E-state index in [1.165, 1.54) is 6.92 Å². The summed E-state index contributed by atoms with van der Waals surface area (Å²) in [7, 11) is 0. The molecule has 2 N–H and O–H groups in total. The number of aromatic nitrogens is 1. The van der Waals surface area contributed by atoms with Gasteiger partial charge in [0.2, 0.25) is 5.95 Å². The molecular formula is C8H8F4N2. The number of hydrogen-bond donors (Lipinski definition) is 1. The first kappa shape index (κ1) is 10.9. The molecule has 2 nitrogen and oxygen atoms in total. The zero-order valence-corrected chi connectivity index (χ0v) is 7.27. The Hall–Kier alpha value is -1.17. The monoisotopic (exact) mass is 208 g/mol. The Bertz CT molecular complexity index is 335. The molecule has 0 spiro atoms. The van der Waals surface area contributed by atoms with Crippen molar-refractivity contribution in [3.8, 4) is 0 Å². The molecule has 0 saturated carbocycles. The average Bonchev–Trinajstić information content (AvgIpc) is 2.01. The summed E-state index contributed by atoms with van der Waals surface area (Å²) in [6.07, 6.45) is -3.73. The van der Waals surface area contributed by atoms with Crippen LogP contribution in [0.15, 0.2) is 12.3 Å². The van der Waals surface area contributed by atoms with Crippen LogP contribution in [0.25, 0.3) is 0 Å². The van der Waals surface area contributed by atoms with E-state index in [2.05, 4.69) is 4.98 Å². The van der Waals surface area contributed by atoms with Crippen molar-refractivity contribution in [1.29, 1.82) is 0 Å². The minimum Gasteiger partial charge on any atom is -0.316 e. The number of rotatable bonds is 1. The number of alkyl halides is 3. The zero-order valence-electron chi connectivity index (χ0n) is 7.27. The van der Waals surface area contributed by atoms with Gasteiger partial charge in [-0.2, -0.15) is 17.6 Å². The number of aryl methyl sites for hydroxylation is 1. The van der Waals surface area contributed by atoms with Gasteiger partial charge in [0, 0.05) is 6.20 Å². The summed E-state index contributed by atoms with van der Waals surface area (Å²) in [5, 5.41) is 0. The van der Waals surface area contributed by atoms with Gasteiger partial charge in [-0.1, -0.05) is 0 Å². The van der Waals surface area contributed by atoms with E-state index < -0.39 is 18.2 Å². The minimum atomic E-state index is -4.54. The number of nitrogens with two attached hydrogens (primary N) is 1. The number of halogens is 4. The highest BCUT2D eigenvalue weighted by Crippen LogP contribution is 2.31. The van der Waals surface area contributed by atoms with Crippen molar-refractivity contribution >= 4 is 0 Å². The maximum absolute atomic E-state index is 12.5. The van der Waals surface area contributed by atoms with E-state index >= 15 is 0 Å². The van der Waals surface area contributed by atoms with Crippen molar-refractivity contribution in [2.45, 2.75) is 19.1 Å². The van der Waals surface area contributed by atoms with Crippen molar-refractivity contribution in [1.82, 2.24) is 4.98 Å². The Morgan fingerprint density at radius 3 is 2.43 bits per heavy atom. The zero-order chi connectivity index (χ0) is 10.9. The lowest BCUT2D eigenvalue weighted by atomic mass is 10.0. The second-order valence-electron chi connectivity index (χ2n) is 2.88. The lowest BCUT2D eigenvalue weighted by molar-refractivity contribution is -0.149. The van der Waals surface area contributed by atoms with Crippen molar-refractivity contribution in [3.63, 3.8) is 0 Å². The third-order valence-electron chi connectivity index (χ3n) is 1.81. The van der Waals surface area contributed by atoms with E-state index in [0.29, 0.717) is 0 Å². The molecule has 0 bridgehead atoms. The quantitative estimate of drug-likeness (QED) is 0.567. The second-order valence-corrected chi connectivity index (χ2v) is 2.88. The van der Waals surface area contributed by atoms with Gasteiger partial charge >= 0.3 is 6.18 Å². The van der Waals surface area contributed by atoms with Crippen molar-refractivity contribution in [2.24, 2.45) is 5.73 Å². The van der Waals surface area contributed by atoms with Gasteiger partial charge in [0.15, 0.2) is 0 Å². The molecule has 0 aliphatic carbocycles. The number of nitrogens with zero attached hydrogens (tertiary/aromatic N) is 1. The lowest BCUT2D eigenvalue weighted by Crippen LogP contribution is -2.29. The van der Waals surface area contributed by atoms with Gasteiger partial charge in [-0.3, -0.25) is 0 Å². The van der Waals surface area contributed by atoms with Crippen LogP contribution in [0.1, 0.15) is 17.2 Å². The van der Waals surface area contributed by atoms with Gasteiger partial charge in [-0.25, -0.2) is 4.98 Å². The maximum Gasteiger partial charge on any atom is 0.407 e. The topological polar surface area (TPSA) is 38.9 Å². The standard InChI is InChI=1S/C8H8F4N2/c1-4-2-6(9)14-3-5(4)7(13)8(10,11)12/h2-3,7H,13H2,1H3/t7-/m0/s1. The van der Waals surface area contributed by atoms with Crippen molar-refractivity contribution in [2.75, 3.05) is 0 Å². The first-order valence-electron chi connectivity index (χ1n) is 3.76. The van der Waals surface area contributed by atoms with Crippen LogP contribution in [0.4, 0.5) is 17.6 Å². The molecule has 0 unspecified atom stereocenters. The molecule has 0 aliphatic rings. The molecule has 1 heterocycles. The summed E-state index contributed by atoms with van der Waals surface area (Å²) >= 11 is 0. The second kappa shape index (κ2) is 3.53. The van der Waals surface area contributed by atoms with Crippen LogP contribution in [0.3, 0.4) is 0 Å². The molecule has 1 aromatic heterocycles. The summed E-state index contributed by atoms with van der Waals surface area (Å²) < 4.78 is 49.0. The van der Waals surface area contributed by atoms with Crippen molar-refractivity contribution in [3.05, 3.63) is 29.3 Å². The molecular weight excluding hydrogens is 200 g/mol. The molecule has 0 amide bonds. The molecule has 0 aliphatic heterocycles. The van der Waals surface area contributed by atoms with Crippen LogP contribution in [0, 0.1) is 12.9 Å². The summed E-state index contributed by atoms with van der Waals surface area (Å²) in [5.74, 6) is -0.819. The first-order valence-corrected chi connectivity index (χ1v) is 3.76. The SMILES string of the molecule is Cc1cc(F)ncc1[C@H](N)C(F)(F)F. The van der Waals surface area contributed by atoms with E-state index in [-0.39, 0.29) is 11.1 Å². The predicted octanol–water partition coefficient (Wildman–Crippen LogP) is 2.09. The Morgan fingerprint density at radius 2 is 2.00 bits per heavy atom. The van der Waals surface area contributed by atoms with Crippen LogP contribution >= 0.6 is 0 Å². The van der Waals surface area contributed by atoms with Gasteiger partial charge < -0.3 is 5.73 Å². The number of pyridine rings is 1. The van der Waals surface area contributed by atoms with E-state index in [4.69, 9.17) is 5.73 Å². The normalized spacial score (nSPS) is 14.1. The highest BCUT2D eigenvalue weighted by Gasteiger charge is 2.38. The first-order chi connectivity index (χ1) is 6.32. The van der Waals surface area contributed by atoms with Crippen LogP contribution < -0.4 is 5.73 Å². The maximum atomic E-state index is 12.5. The number of hydrogen-bond acceptors (Lipinski definition) is 2. The largest absolute Gasteiger partial charge is 0.407 e. The molecule has 0 aromatic carbocycles. The third kappa shape index (κ3) is 2.20. The Morgan fingerprint density at radius 1 is 1.43 bits per heavy atom. The van der Waals surface area contributed by atoms with Crippen LogP contribution in [0.2, 0.25) is 0 Å². The van der Waals surface area contributed by atoms with Gasteiger partial charge in [0.05, 0.1) is 0 Å². The van der Waals surface area contributed by atoms with Crippen LogP contribution in [-0.4, -0.2) is 11.2 Å². The molecule has 14 heavy (non-hydrogen) atoms. The fraction of sp³-hybridized carbons (Fsp3) is 0.375. The molecule has 0 fully saturated rings. The van der Waals surface area contributed by atoms with Gasteiger partial charge in [-0.15, -0.1) is 0 Å². The summed E-state index contributed by atoms with van der Waals surface area (Å²) in [6, 6.07) is -1.20. The Kier molecular flexibility index (Phi) is 2.75. The van der Waals surface area contributed by atoms with E-state index in [9.17, 15) is 17.6 Å². The van der Waals surface area contributed by atoms with Gasteiger partial charge in [-0.05, 0) is 24.1 Å². The third-order valence-corrected chi connectivity index (χ3v) is 1.81. The smallest absolute Gasteiger partial charge is 0.316 e. The average molecular weight is 208 g/mol. The minimum absolute atomic E-state index is 0.141. The van der Waals surface area contributed by atoms with E-state index in [1.807, 2.05) is 0 Å². The fourth-order valence-corrected chi connectivity index (χ4v) is 1.03. The predicted molar refractivity (Wildman–Crippen MR) is 41.9 cm³/mol. The molecule has 0 radical (unpaired) electrons. The van der Waals surface area contributed by atoms with Crippen LogP contribution in [-0.2, 0) is 0 Å². The highest BCUT2D eigenvalue weighted by atomic mass is 19.4. The van der Waals surface area contributed by atoms with E-state index in [0.717, 1.165) is 12.3 Å². The van der Waals surface area contributed by atoms with Crippen LogP contribution in [0.5, 0.6) is 0 Å². The molecule has 0 saturated heterocycles. The summed E-state index contributed by atoms with van der Waals surface area (Å²) in [4.78, 5) is 3.13. The lowest BCUT2D eigenvalue weighted by Gasteiger charge is -2.17. The summed E-state index contributed by atoms with van der Waals surface area (Å²) in [5.41, 5.74) is 4.87. The highest BCUT2D eigenvalue weighted by molar-refractivity contribution is 5.26. The molecule has 78 valence electrons. The molecule has 1 atom stereocenters.